The Morgan fingerprint density at radius 2 is 1.70 bits per heavy atom. The fourth-order valence-corrected chi connectivity index (χ4v) is 3.24. The molecule has 2 aromatic rings. The molecular weight excluding hydrogens is 344 g/mol. The van der Waals surface area contributed by atoms with Gasteiger partial charge in [0.15, 0.2) is 0 Å². The third-order valence-electron chi connectivity index (χ3n) is 4.60. The Morgan fingerprint density at radius 3 is 2.33 bits per heavy atom. The van der Waals surface area contributed by atoms with Gasteiger partial charge in [-0.25, -0.2) is 9.59 Å². The first-order chi connectivity index (χ1) is 12.7. The van der Waals surface area contributed by atoms with Crippen LogP contribution in [0.1, 0.15) is 44.0 Å². The monoisotopic (exact) mass is 370 g/mol. The van der Waals surface area contributed by atoms with E-state index in [0.717, 1.165) is 29.3 Å². The third-order valence-corrected chi connectivity index (χ3v) is 4.60. The van der Waals surface area contributed by atoms with Gasteiger partial charge < -0.3 is 20.1 Å². The number of aromatic carboxylic acids is 1. The van der Waals surface area contributed by atoms with Crippen molar-refractivity contribution >= 4 is 28.5 Å². The van der Waals surface area contributed by atoms with Gasteiger partial charge in [0.2, 0.25) is 0 Å². The molecule has 1 saturated heterocycles. The molecule has 0 spiro atoms. The summed E-state index contributed by atoms with van der Waals surface area (Å²) in [7, 11) is 0. The van der Waals surface area contributed by atoms with Gasteiger partial charge in [-0.1, -0.05) is 12.1 Å². The zero-order valence-electron chi connectivity index (χ0n) is 16.0. The summed E-state index contributed by atoms with van der Waals surface area (Å²) in [6.45, 7) is 6.96. The Kier molecular flexibility index (Phi) is 5.26. The van der Waals surface area contributed by atoms with Crippen LogP contribution in [-0.2, 0) is 4.74 Å². The normalized spacial score (nSPS) is 15.6. The Morgan fingerprint density at radius 1 is 1.07 bits per heavy atom. The minimum absolute atomic E-state index is 0.249. The van der Waals surface area contributed by atoms with Crippen LogP contribution in [0.2, 0.25) is 0 Å². The third kappa shape index (κ3) is 4.90. The molecule has 144 valence electrons. The van der Waals surface area contributed by atoms with Crippen molar-refractivity contribution in [3.8, 4) is 0 Å². The smallest absolute Gasteiger partial charge is 0.410 e. The van der Waals surface area contributed by atoms with Gasteiger partial charge in [-0.3, -0.25) is 0 Å². The molecule has 0 aromatic heterocycles. The van der Waals surface area contributed by atoms with Gasteiger partial charge in [-0.15, -0.1) is 0 Å². The number of ether oxygens (including phenoxy) is 1. The van der Waals surface area contributed by atoms with Crippen molar-refractivity contribution in [2.45, 2.75) is 45.3 Å². The quantitative estimate of drug-likeness (QED) is 0.840. The minimum atomic E-state index is -0.921. The Balaban J connectivity index is 1.59. The standard InChI is InChI=1S/C21H26N2O4/c1-21(2,3)27-20(26)23-10-8-17(9-11-23)22-18-7-6-14-12-16(19(24)25)5-4-15(14)13-18/h4-7,12-13,17,22H,8-11H2,1-3H3,(H,24,25). The first-order valence-corrected chi connectivity index (χ1v) is 9.23. The molecule has 6 heteroatoms. The van der Waals surface area contributed by atoms with Crippen molar-refractivity contribution in [1.82, 2.24) is 4.90 Å². The van der Waals surface area contributed by atoms with E-state index in [1.807, 2.05) is 45.0 Å². The van der Waals surface area contributed by atoms with Gasteiger partial charge in [0.25, 0.3) is 0 Å². The van der Waals surface area contributed by atoms with E-state index in [1.165, 1.54) is 0 Å². The predicted octanol–water partition coefficient (Wildman–Crippen LogP) is 4.35. The van der Waals surface area contributed by atoms with Crippen LogP contribution in [0.4, 0.5) is 10.5 Å². The van der Waals surface area contributed by atoms with Crippen molar-refractivity contribution in [2.75, 3.05) is 18.4 Å². The number of anilines is 1. The number of likely N-dealkylation sites (tertiary alicyclic amines) is 1. The maximum Gasteiger partial charge on any atom is 0.410 e. The van der Waals surface area contributed by atoms with Gasteiger partial charge in [0.1, 0.15) is 5.60 Å². The lowest BCUT2D eigenvalue weighted by Gasteiger charge is -2.34. The zero-order chi connectivity index (χ0) is 19.6. The summed E-state index contributed by atoms with van der Waals surface area (Å²) in [4.78, 5) is 25.0. The van der Waals surface area contributed by atoms with Crippen molar-refractivity contribution in [2.24, 2.45) is 0 Å². The maximum absolute atomic E-state index is 12.1. The molecule has 1 aliphatic rings. The average Bonchev–Trinajstić information content (AvgIpc) is 2.60. The van der Waals surface area contributed by atoms with Crippen molar-refractivity contribution < 1.29 is 19.4 Å². The number of carboxylic acid groups (broad SMARTS) is 1. The van der Waals surface area contributed by atoms with Crippen LogP contribution in [0.15, 0.2) is 36.4 Å². The largest absolute Gasteiger partial charge is 0.478 e. The summed E-state index contributed by atoms with van der Waals surface area (Å²) >= 11 is 0. The summed E-state index contributed by atoms with van der Waals surface area (Å²) in [6, 6.07) is 11.3. The number of hydrogen-bond donors (Lipinski definition) is 2. The lowest BCUT2D eigenvalue weighted by Crippen LogP contribution is -2.44. The number of fused-ring (bicyclic) bond motifs is 1. The van der Waals surface area contributed by atoms with Crippen LogP contribution in [-0.4, -0.2) is 46.8 Å². The molecule has 27 heavy (non-hydrogen) atoms. The van der Waals surface area contributed by atoms with Crippen LogP contribution in [0.3, 0.4) is 0 Å². The second-order valence-corrected chi connectivity index (χ2v) is 7.97. The summed E-state index contributed by atoms with van der Waals surface area (Å²) < 4.78 is 5.43. The second kappa shape index (κ2) is 7.47. The SMILES string of the molecule is CC(C)(C)OC(=O)N1CCC(Nc2ccc3cc(C(=O)O)ccc3c2)CC1. The van der Waals surface area contributed by atoms with E-state index in [4.69, 9.17) is 9.84 Å². The molecule has 0 aliphatic carbocycles. The number of amides is 1. The van der Waals surface area contributed by atoms with Crippen molar-refractivity contribution in [3.05, 3.63) is 42.0 Å². The van der Waals surface area contributed by atoms with E-state index < -0.39 is 11.6 Å². The molecule has 0 atom stereocenters. The number of nitrogens with zero attached hydrogens (tertiary/aromatic N) is 1. The molecule has 1 aliphatic heterocycles. The summed E-state index contributed by atoms with van der Waals surface area (Å²) in [6.07, 6.45) is 1.46. The fraction of sp³-hybridized carbons (Fsp3) is 0.429. The van der Waals surface area contributed by atoms with Crippen molar-refractivity contribution in [1.29, 1.82) is 0 Å². The van der Waals surface area contributed by atoms with E-state index in [0.29, 0.717) is 19.1 Å². The van der Waals surface area contributed by atoms with Gasteiger partial charge >= 0.3 is 12.1 Å². The lowest BCUT2D eigenvalue weighted by atomic mass is 10.0. The molecule has 2 N–H and O–H groups in total. The molecule has 0 radical (unpaired) electrons. The predicted molar refractivity (Wildman–Crippen MR) is 105 cm³/mol. The number of rotatable bonds is 3. The minimum Gasteiger partial charge on any atom is -0.478 e. The molecule has 3 rings (SSSR count). The first-order valence-electron chi connectivity index (χ1n) is 9.23. The number of carbonyl (C=O) groups is 2. The zero-order valence-corrected chi connectivity index (χ0v) is 16.0. The fourth-order valence-electron chi connectivity index (χ4n) is 3.24. The van der Waals surface area contributed by atoms with E-state index in [1.54, 1.807) is 17.0 Å². The van der Waals surface area contributed by atoms with Crippen LogP contribution in [0.25, 0.3) is 10.8 Å². The summed E-state index contributed by atoms with van der Waals surface area (Å²) in [5.74, 6) is -0.921. The molecular formula is C21H26N2O4. The molecule has 1 amide bonds. The lowest BCUT2D eigenvalue weighted by molar-refractivity contribution is 0.0210. The van der Waals surface area contributed by atoms with Crippen LogP contribution >= 0.6 is 0 Å². The highest BCUT2D eigenvalue weighted by Crippen LogP contribution is 2.23. The molecule has 0 saturated carbocycles. The van der Waals surface area contributed by atoms with Gasteiger partial charge in [0.05, 0.1) is 5.56 Å². The number of carbonyl (C=O) groups excluding carboxylic acids is 1. The number of carboxylic acids is 1. The molecule has 1 heterocycles. The number of nitrogens with one attached hydrogen (secondary N) is 1. The molecule has 1 fully saturated rings. The molecule has 6 nitrogen and oxygen atoms in total. The summed E-state index contributed by atoms with van der Waals surface area (Å²) in [5, 5.41) is 14.5. The Bertz CT molecular complexity index is 849. The molecule has 0 bridgehead atoms. The average molecular weight is 370 g/mol. The van der Waals surface area contributed by atoms with Crippen molar-refractivity contribution in [3.63, 3.8) is 0 Å². The van der Waals surface area contributed by atoms with Gasteiger partial charge in [-0.2, -0.15) is 0 Å². The first kappa shape index (κ1) is 19.0. The van der Waals surface area contributed by atoms with E-state index in [-0.39, 0.29) is 11.7 Å². The van der Waals surface area contributed by atoms with E-state index >= 15 is 0 Å². The highest BCUT2D eigenvalue weighted by atomic mass is 16.6. The van der Waals surface area contributed by atoms with E-state index in [9.17, 15) is 9.59 Å². The Labute approximate surface area is 159 Å². The van der Waals surface area contributed by atoms with E-state index in [2.05, 4.69) is 5.32 Å². The number of hydrogen-bond acceptors (Lipinski definition) is 4. The van der Waals surface area contributed by atoms with Crippen LogP contribution in [0, 0.1) is 0 Å². The highest BCUT2D eigenvalue weighted by molar-refractivity contribution is 5.95. The van der Waals surface area contributed by atoms with Crippen LogP contribution in [0.5, 0.6) is 0 Å². The van der Waals surface area contributed by atoms with Crippen LogP contribution < -0.4 is 5.32 Å². The Hall–Kier alpha value is -2.76. The van der Waals surface area contributed by atoms with Gasteiger partial charge in [-0.05, 0) is 68.7 Å². The topological polar surface area (TPSA) is 78.9 Å². The highest BCUT2D eigenvalue weighted by Gasteiger charge is 2.26. The number of piperidine rings is 1. The van der Waals surface area contributed by atoms with Gasteiger partial charge in [0, 0.05) is 24.8 Å². The molecule has 0 unspecified atom stereocenters. The number of benzene rings is 2. The summed E-state index contributed by atoms with van der Waals surface area (Å²) in [5.41, 5.74) is 0.816. The maximum atomic E-state index is 12.1. The molecule has 2 aromatic carbocycles. The second-order valence-electron chi connectivity index (χ2n) is 7.97.